The van der Waals surface area contributed by atoms with Crippen molar-refractivity contribution in [3.8, 4) is 5.69 Å². The molecule has 1 amide bonds. The van der Waals surface area contributed by atoms with Crippen molar-refractivity contribution < 1.29 is 9.18 Å². The smallest absolute Gasteiger partial charge is 0.256 e. The van der Waals surface area contributed by atoms with Gasteiger partial charge in [-0.05, 0) is 74.6 Å². The lowest BCUT2D eigenvalue weighted by molar-refractivity contribution is -0.0221. The molecule has 1 atom stereocenters. The van der Waals surface area contributed by atoms with Gasteiger partial charge in [0.2, 0.25) is 0 Å². The number of fused-ring (bicyclic) bond motifs is 1. The van der Waals surface area contributed by atoms with Crippen LogP contribution in [-0.4, -0.2) is 63.5 Å². The molecule has 2 aliphatic rings. The Labute approximate surface area is 229 Å². The molecule has 2 N–H and O–H groups in total. The lowest BCUT2D eigenvalue weighted by atomic mass is 9.71. The van der Waals surface area contributed by atoms with Gasteiger partial charge < -0.3 is 15.2 Å². The summed E-state index contributed by atoms with van der Waals surface area (Å²) >= 11 is 6.70. The van der Waals surface area contributed by atoms with Crippen LogP contribution in [0.15, 0.2) is 36.8 Å². The van der Waals surface area contributed by atoms with Crippen LogP contribution < -0.4 is 5.73 Å². The van der Waals surface area contributed by atoms with Crippen molar-refractivity contribution in [3.63, 3.8) is 0 Å². The second-order valence-electron chi connectivity index (χ2n) is 12.0. The highest BCUT2D eigenvalue weighted by atomic mass is 35.5. The molecule has 1 unspecified atom stereocenters. The third kappa shape index (κ3) is 4.96. The van der Waals surface area contributed by atoms with E-state index in [0.29, 0.717) is 46.1 Å². The van der Waals surface area contributed by atoms with Crippen LogP contribution in [0.2, 0.25) is 5.02 Å². The molecule has 3 heterocycles. The number of nitrogens with zero attached hydrogens (tertiary/aromatic N) is 4. The first-order chi connectivity index (χ1) is 18.0. The monoisotopic (exact) mass is 539 g/mol. The van der Waals surface area contributed by atoms with E-state index < -0.39 is 5.82 Å². The summed E-state index contributed by atoms with van der Waals surface area (Å²) in [6.45, 7) is 10.6. The number of amides is 1. The van der Waals surface area contributed by atoms with Crippen LogP contribution in [-0.2, 0) is 6.42 Å². The Hall–Kier alpha value is -2.48. The molecule has 0 spiro atoms. The van der Waals surface area contributed by atoms with Gasteiger partial charge in [-0.3, -0.25) is 14.7 Å². The summed E-state index contributed by atoms with van der Waals surface area (Å²) in [7, 11) is 1.74. The van der Waals surface area contributed by atoms with Gasteiger partial charge in [0.25, 0.3) is 5.91 Å². The van der Waals surface area contributed by atoms with Crippen molar-refractivity contribution >= 4 is 28.4 Å². The molecule has 1 saturated carbocycles. The van der Waals surface area contributed by atoms with Crippen molar-refractivity contribution in [2.75, 3.05) is 20.1 Å². The fourth-order valence-corrected chi connectivity index (χ4v) is 6.70. The van der Waals surface area contributed by atoms with Crippen LogP contribution in [0, 0.1) is 23.6 Å². The first kappa shape index (κ1) is 27.1. The maximum Gasteiger partial charge on any atom is 0.256 e. The molecule has 1 aliphatic heterocycles. The van der Waals surface area contributed by atoms with E-state index in [2.05, 4.69) is 29.9 Å². The predicted octanol–water partition coefficient (Wildman–Crippen LogP) is 5.53. The lowest BCUT2D eigenvalue weighted by Crippen LogP contribution is -2.60. The van der Waals surface area contributed by atoms with E-state index in [1.165, 1.54) is 12.1 Å². The van der Waals surface area contributed by atoms with E-state index in [1.807, 2.05) is 18.4 Å². The summed E-state index contributed by atoms with van der Waals surface area (Å²) in [4.78, 5) is 21.9. The number of carbonyl (C=O) groups excluding carboxylic acids is 1. The van der Waals surface area contributed by atoms with E-state index in [9.17, 15) is 9.18 Å². The molecular weight excluding hydrogens is 501 g/mol. The van der Waals surface area contributed by atoms with Gasteiger partial charge in [-0.15, -0.1) is 0 Å². The highest BCUT2D eigenvalue weighted by molar-refractivity contribution is 6.35. The van der Waals surface area contributed by atoms with Crippen molar-refractivity contribution in [1.29, 1.82) is 0 Å². The molecule has 1 aromatic carbocycles. The van der Waals surface area contributed by atoms with Gasteiger partial charge in [-0.1, -0.05) is 25.4 Å². The van der Waals surface area contributed by atoms with Crippen LogP contribution in [0.4, 0.5) is 4.39 Å². The number of aromatic nitrogens is 2. The van der Waals surface area contributed by atoms with Crippen molar-refractivity contribution in [2.24, 2.45) is 23.5 Å². The minimum Gasteiger partial charge on any atom is -0.339 e. The number of hydrogen-bond acceptors (Lipinski definition) is 4. The zero-order valence-corrected chi connectivity index (χ0v) is 23.8. The number of halogens is 2. The number of benzene rings is 1. The van der Waals surface area contributed by atoms with Crippen molar-refractivity contribution in [3.05, 3.63) is 58.8 Å². The molecule has 0 radical (unpaired) electrons. The van der Waals surface area contributed by atoms with Gasteiger partial charge in [-0.2, -0.15) is 0 Å². The highest BCUT2D eigenvalue weighted by Gasteiger charge is 2.42. The highest BCUT2D eigenvalue weighted by Crippen LogP contribution is 2.40. The molecule has 0 bridgehead atoms. The Morgan fingerprint density at radius 1 is 1.21 bits per heavy atom. The third-order valence-electron chi connectivity index (χ3n) is 8.58. The van der Waals surface area contributed by atoms with E-state index in [0.717, 1.165) is 48.8 Å². The topological polar surface area (TPSA) is 67.4 Å². The molecule has 5 rings (SSSR count). The number of rotatable bonds is 8. The average Bonchev–Trinajstić information content (AvgIpc) is 3.19. The fraction of sp³-hybridized carbons (Fsp3) is 0.533. The average molecular weight is 540 g/mol. The summed E-state index contributed by atoms with van der Waals surface area (Å²) in [6.07, 6.45) is 8.65. The molecule has 38 heavy (non-hydrogen) atoms. The van der Waals surface area contributed by atoms with Gasteiger partial charge in [0.05, 0.1) is 28.0 Å². The molecule has 1 saturated heterocycles. The van der Waals surface area contributed by atoms with Crippen LogP contribution in [0.3, 0.4) is 0 Å². The van der Waals surface area contributed by atoms with Gasteiger partial charge in [0, 0.05) is 56.0 Å². The number of likely N-dealkylation sites (tertiary alicyclic amines) is 1. The minimum atomic E-state index is -0.441. The minimum absolute atomic E-state index is 0.0152. The number of nitrogens with two attached hydrogens (primary N) is 1. The summed E-state index contributed by atoms with van der Waals surface area (Å²) in [6, 6.07) is 5.33. The Morgan fingerprint density at radius 2 is 1.92 bits per heavy atom. The molecule has 2 fully saturated rings. The van der Waals surface area contributed by atoms with Gasteiger partial charge >= 0.3 is 0 Å². The zero-order valence-electron chi connectivity index (χ0n) is 23.0. The zero-order chi connectivity index (χ0) is 27.3. The number of carbonyl (C=O) groups is 1. The molecule has 2 aromatic heterocycles. The SMILES string of the molecule is CC(C)C([C@H]1C[C@@H](N)C1)N1CC(Cc2cn(-c3ccc(F)cc3C(=O)N(C)C(C)C)c3cncc(Cl)c23)C1. The summed E-state index contributed by atoms with van der Waals surface area (Å²) in [5.41, 5.74) is 8.99. The Balaban J connectivity index is 1.45. The van der Waals surface area contributed by atoms with E-state index in [1.54, 1.807) is 30.4 Å². The van der Waals surface area contributed by atoms with Crippen molar-refractivity contribution in [2.45, 2.75) is 65.1 Å². The second kappa shape index (κ2) is 10.6. The Kier molecular flexibility index (Phi) is 7.55. The summed E-state index contributed by atoms with van der Waals surface area (Å²) in [5, 5.41) is 1.54. The lowest BCUT2D eigenvalue weighted by Gasteiger charge is -2.52. The number of hydrogen-bond donors (Lipinski definition) is 1. The molecule has 8 heteroatoms. The molecule has 6 nitrogen and oxygen atoms in total. The molecule has 1 aliphatic carbocycles. The van der Waals surface area contributed by atoms with Crippen LogP contribution in [0.1, 0.15) is 56.5 Å². The Bertz CT molecular complexity index is 1330. The third-order valence-corrected chi connectivity index (χ3v) is 8.87. The van der Waals surface area contributed by atoms with Crippen LogP contribution in [0.25, 0.3) is 16.6 Å². The van der Waals surface area contributed by atoms with Crippen LogP contribution >= 0.6 is 11.6 Å². The fourth-order valence-electron chi connectivity index (χ4n) is 6.43. The van der Waals surface area contributed by atoms with E-state index in [4.69, 9.17) is 17.3 Å². The maximum atomic E-state index is 14.3. The number of pyridine rings is 1. The van der Waals surface area contributed by atoms with Gasteiger partial charge in [0.15, 0.2) is 0 Å². The first-order valence-corrected chi connectivity index (χ1v) is 14.1. The quantitative estimate of drug-likeness (QED) is 0.408. The van der Waals surface area contributed by atoms with E-state index >= 15 is 0 Å². The maximum absolute atomic E-state index is 14.3. The van der Waals surface area contributed by atoms with E-state index in [-0.39, 0.29) is 11.9 Å². The van der Waals surface area contributed by atoms with Gasteiger partial charge in [-0.25, -0.2) is 4.39 Å². The van der Waals surface area contributed by atoms with Gasteiger partial charge in [0.1, 0.15) is 5.82 Å². The van der Waals surface area contributed by atoms with Crippen molar-refractivity contribution in [1.82, 2.24) is 19.4 Å². The predicted molar refractivity (Wildman–Crippen MR) is 151 cm³/mol. The standard InChI is InChI=1S/C30H39ClFN5O/c1-17(2)29(20-9-23(33)10-20)36-14-19(15-36)8-21-16-37(27-13-34-12-25(31)28(21)27)26-7-6-22(32)11-24(26)30(38)35(5)18(3)4/h6-7,11-13,16-20,23,29H,8-10,14-15,33H2,1-5H3/t20-,23+,29?. The molecule has 3 aromatic rings. The molecule has 204 valence electrons. The largest absolute Gasteiger partial charge is 0.339 e. The molecular formula is C30H39ClFN5O. The second-order valence-corrected chi connectivity index (χ2v) is 12.4. The summed E-state index contributed by atoms with van der Waals surface area (Å²) < 4.78 is 16.3. The normalized spacial score (nSPS) is 21.1. The summed E-state index contributed by atoms with van der Waals surface area (Å²) in [5.74, 6) is 1.16. The Morgan fingerprint density at radius 3 is 2.55 bits per heavy atom. The van der Waals surface area contributed by atoms with Crippen LogP contribution in [0.5, 0.6) is 0 Å². The first-order valence-electron chi connectivity index (χ1n) is 13.7.